The highest BCUT2D eigenvalue weighted by atomic mass is 32.2. The van der Waals surface area contributed by atoms with E-state index in [0.717, 1.165) is 6.08 Å². The molecule has 0 amide bonds. The molecule has 14 heteroatoms. The molecule has 0 atom stereocenters. The lowest BCUT2D eigenvalue weighted by molar-refractivity contribution is 0.480. The second-order valence-corrected chi connectivity index (χ2v) is 8.79. The van der Waals surface area contributed by atoms with Crippen LogP contribution in [0.5, 0.6) is 0 Å². The van der Waals surface area contributed by atoms with Crippen molar-refractivity contribution in [2.75, 3.05) is 0 Å². The molecule has 134 valence electrons. The Kier molecular flexibility index (Phi) is 4.56. The first kappa shape index (κ1) is 19.1. The molecule has 0 saturated carbocycles. The van der Waals surface area contributed by atoms with Gasteiger partial charge in [0.1, 0.15) is 9.79 Å². The van der Waals surface area contributed by atoms with Crippen LogP contribution >= 0.6 is 0 Å². The van der Waals surface area contributed by atoms with Crippen LogP contribution in [0.1, 0.15) is 0 Å². The Hall–Kier alpha value is -2.19. The average Bonchev–Trinajstić information content (AvgIpc) is 2.42. The van der Waals surface area contributed by atoms with Gasteiger partial charge in [-0.15, -0.1) is 0 Å². The van der Waals surface area contributed by atoms with Gasteiger partial charge in [0.25, 0.3) is 30.4 Å². The van der Waals surface area contributed by atoms with Crippen LogP contribution in [0.4, 0.5) is 5.69 Å². The first-order valence-electron chi connectivity index (χ1n) is 5.87. The summed E-state index contributed by atoms with van der Waals surface area (Å²) in [5.41, 5.74) is -0.700. The summed E-state index contributed by atoms with van der Waals surface area (Å²) in [6, 6.07) is 2.45. The largest absolute Gasteiger partial charge is 0.296 e. The predicted molar refractivity (Wildman–Crippen MR) is 81.2 cm³/mol. The molecule has 3 N–H and O–H groups in total. The van der Waals surface area contributed by atoms with Crippen LogP contribution in [0, 0.1) is 0 Å². The Morgan fingerprint density at radius 3 is 1.76 bits per heavy atom. The summed E-state index contributed by atoms with van der Waals surface area (Å²) in [7, 11) is -14.9. The lowest BCUT2D eigenvalue weighted by Gasteiger charge is -2.09. The van der Waals surface area contributed by atoms with E-state index in [2.05, 4.69) is 4.99 Å². The zero-order chi connectivity index (χ0) is 19.2. The van der Waals surface area contributed by atoms with Crippen molar-refractivity contribution >= 4 is 52.9 Å². The number of benzene rings is 2. The fraction of sp³-hybridized carbons (Fsp3) is 0. The smallest absolute Gasteiger partial charge is 0.282 e. The first-order valence-corrected chi connectivity index (χ1v) is 10.2. The Labute approximate surface area is 140 Å². The van der Waals surface area contributed by atoms with Crippen LogP contribution in [0.3, 0.4) is 0 Å². The van der Waals surface area contributed by atoms with Gasteiger partial charge < -0.3 is 0 Å². The number of carbonyl (C=O) groups excluding carboxylic acids is 1. The molecule has 0 aliphatic rings. The van der Waals surface area contributed by atoms with Gasteiger partial charge in [0.15, 0.2) is 0 Å². The Bertz CT molecular complexity index is 1250. The number of rotatable bonds is 4. The second kappa shape index (κ2) is 5.96. The number of fused-ring (bicyclic) bond motifs is 1. The van der Waals surface area contributed by atoms with E-state index in [1.54, 1.807) is 0 Å². The molecule has 0 saturated heterocycles. The molecule has 0 aliphatic heterocycles. The van der Waals surface area contributed by atoms with E-state index in [0.29, 0.717) is 24.3 Å². The Morgan fingerprint density at radius 1 is 0.760 bits per heavy atom. The minimum atomic E-state index is -5.02. The van der Waals surface area contributed by atoms with Gasteiger partial charge in [0.05, 0.1) is 10.6 Å². The standard InChI is InChI=1S/C11H7NO10S3/c13-5-12-9-4-8-6(2-11(9)25(20,21)22)1-7(23(14,15)16)3-10(8)24(17,18)19/h1-4H,(H,14,15,16)(H,17,18,19)(H,20,21,22). The van der Waals surface area contributed by atoms with E-state index in [-0.39, 0.29) is 0 Å². The number of hydrogen-bond donors (Lipinski definition) is 3. The molecular weight excluding hydrogens is 402 g/mol. The van der Waals surface area contributed by atoms with E-state index in [4.69, 9.17) is 9.11 Å². The van der Waals surface area contributed by atoms with Gasteiger partial charge in [-0.2, -0.15) is 30.2 Å². The number of aliphatic imine (C=N–C) groups is 1. The first-order chi connectivity index (χ1) is 11.2. The lowest BCUT2D eigenvalue weighted by Crippen LogP contribution is -2.05. The van der Waals surface area contributed by atoms with Crippen LogP contribution in [-0.2, 0) is 35.1 Å². The highest BCUT2D eigenvalue weighted by Gasteiger charge is 2.24. The summed E-state index contributed by atoms with van der Waals surface area (Å²) in [6.07, 6.45) is 1.01. The lowest BCUT2D eigenvalue weighted by atomic mass is 10.1. The zero-order valence-corrected chi connectivity index (χ0v) is 14.1. The quantitative estimate of drug-likeness (QED) is 0.364. The van der Waals surface area contributed by atoms with Crippen molar-refractivity contribution in [3.8, 4) is 0 Å². The van der Waals surface area contributed by atoms with Gasteiger partial charge in [0, 0.05) is 5.39 Å². The SMILES string of the molecule is O=C=Nc1cc2c(S(=O)(=O)O)cc(S(=O)(=O)O)cc2cc1S(=O)(=O)O. The third-order valence-electron chi connectivity index (χ3n) is 2.99. The molecule has 2 aromatic carbocycles. The minimum Gasteiger partial charge on any atom is -0.282 e. The maximum atomic E-state index is 11.5. The third-order valence-corrected chi connectivity index (χ3v) is 5.60. The monoisotopic (exact) mass is 409 g/mol. The summed E-state index contributed by atoms with van der Waals surface area (Å²) in [5.74, 6) is 0. The second-order valence-electron chi connectivity index (χ2n) is 4.59. The van der Waals surface area contributed by atoms with E-state index < -0.39 is 61.5 Å². The van der Waals surface area contributed by atoms with Gasteiger partial charge in [0.2, 0.25) is 6.08 Å². The molecule has 2 rings (SSSR count). The molecule has 0 heterocycles. The molecule has 2 aromatic rings. The summed E-state index contributed by atoms with van der Waals surface area (Å²) >= 11 is 0. The van der Waals surface area contributed by atoms with Gasteiger partial charge in [-0.1, -0.05) is 0 Å². The summed E-state index contributed by atoms with van der Waals surface area (Å²) in [5, 5.41) is -0.823. The molecule has 0 fully saturated rings. The summed E-state index contributed by atoms with van der Waals surface area (Å²) < 4.78 is 95.7. The predicted octanol–water partition coefficient (Wildman–Crippen LogP) is 0.547. The highest BCUT2D eigenvalue weighted by molar-refractivity contribution is 7.87. The Morgan fingerprint density at radius 2 is 1.32 bits per heavy atom. The van der Waals surface area contributed by atoms with Crippen molar-refractivity contribution < 1.29 is 43.7 Å². The molecule has 0 bridgehead atoms. The van der Waals surface area contributed by atoms with Crippen LogP contribution in [0.15, 0.2) is 43.9 Å². The fourth-order valence-corrected chi connectivity index (χ4v) is 4.02. The van der Waals surface area contributed by atoms with E-state index in [1.165, 1.54) is 0 Å². The fourth-order valence-electron chi connectivity index (χ4n) is 2.02. The normalized spacial score (nSPS) is 12.8. The van der Waals surface area contributed by atoms with Crippen molar-refractivity contribution in [1.82, 2.24) is 0 Å². The molecule has 0 radical (unpaired) electrons. The van der Waals surface area contributed by atoms with Crippen molar-refractivity contribution in [3.63, 3.8) is 0 Å². The molecular formula is C11H7NO10S3. The number of isocyanates is 1. The number of nitrogens with zero attached hydrogens (tertiary/aromatic N) is 1. The Balaban J connectivity index is 3.16. The molecule has 0 spiro atoms. The van der Waals surface area contributed by atoms with Crippen molar-refractivity contribution in [1.29, 1.82) is 0 Å². The van der Waals surface area contributed by atoms with Crippen molar-refractivity contribution in [2.24, 2.45) is 4.99 Å². The highest BCUT2D eigenvalue weighted by Crippen LogP contribution is 2.34. The van der Waals surface area contributed by atoms with E-state index in [1.807, 2.05) is 0 Å². The molecule has 0 aliphatic carbocycles. The van der Waals surface area contributed by atoms with Crippen molar-refractivity contribution in [2.45, 2.75) is 14.7 Å². The summed E-state index contributed by atoms with van der Waals surface area (Å²) in [6.45, 7) is 0. The topological polar surface area (TPSA) is 193 Å². The van der Waals surface area contributed by atoms with Crippen LogP contribution < -0.4 is 0 Å². The van der Waals surface area contributed by atoms with Crippen LogP contribution in [0.25, 0.3) is 10.8 Å². The molecule has 0 aromatic heterocycles. The zero-order valence-electron chi connectivity index (χ0n) is 11.7. The molecule has 0 unspecified atom stereocenters. The number of hydrogen-bond acceptors (Lipinski definition) is 8. The van der Waals surface area contributed by atoms with E-state index in [9.17, 15) is 34.6 Å². The van der Waals surface area contributed by atoms with Gasteiger partial charge in [-0.3, -0.25) is 13.7 Å². The van der Waals surface area contributed by atoms with Crippen molar-refractivity contribution in [3.05, 3.63) is 24.3 Å². The third kappa shape index (κ3) is 3.91. The van der Waals surface area contributed by atoms with E-state index >= 15 is 0 Å². The van der Waals surface area contributed by atoms with Gasteiger partial charge >= 0.3 is 0 Å². The average molecular weight is 409 g/mol. The van der Waals surface area contributed by atoms with Gasteiger partial charge in [-0.05, 0) is 29.7 Å². The summed E-state index contributed by atoms with van der Waals surface area (Å²) in [4.78, 5) is 10.5. The maximum Gasteiger partial charge on any atom is 0.296 e. The maximum absolute atomic E-state index is 11.5. The minimum absolute atomic E-state index is 0.403. The molecule has 11 nitrogen and oxygen atoms in total. The van der Waals surface area contributed by atoms with Crippen LogP contribution in [-0.4, -0.2) is 45.0 Å². The van der Waals surface area contributed by atoms with Gasteiger partial charge in [-0.25, -0.2) is 4.79 Å². The molecule has 25 heavy (non-hydrogen) atoms. The van der Waals surface area contributed by atoms with Crippen LogP contribution in [0.2, 0.25) is 0 Å².